The Balaban J connectivity index is -0.000000480. The Kier molecular flexibility index (Phi) is 19.5. The molecule has 1 aliphatic rings. The molecule has 15 heavy (non-hydrogen) atoms. The standard InChI is InChI=1S/C7H16N3O.3ClH.Ti/c1-11-7-6-9-3-2-8-4-5-10-7;;;;/h7-9H,2-6H2,1H3;3*1H;/q-1;;;;+4/p-3. The predicted molar refractivity (Wildman–Crippen MR) is 43.2 cm³/mol. The summed E-state index contributed by atoms with van der Waals surface area (Å²) in [6, 6.07) is 0. The third kappa shape index (κ3) is 9.16. The predicted octanol–water partition coefficient (Wildman–Crippen LogP) is -10.1. The van der Waals surface area contributed by atoms with Crippen molar-refractivity contribution < 1.29 is 62.6 Å². The molecule has 1 aliphatic heterocycles. The number of rotatable bonds is 1. The van der Waals surface area contributed by atoms with Crippen molar-refractivity contribution in [2.24, 2.45) is 0 Å². The van der Waals surface area contributed by atoms with Crippen LogP contribution in [0.25, 0.3) is 0 Å². The Bertz CT molecular complexity index is 136. The molecule has 0 radical (unpaired) electrons. The third-order valence-electron chi connectivity index (χ3n) is 1.95. The Morgan fingerprint density at radius 1 is 1.13 bits per heavy atom. The van der Waals surface area contributed by atoms with E-state index in [4.69, 9.17) is 4.74 Å². The first-order valence-corrected chi connectivity index (χ1v) is 4.96. The molecule has 0 saturated carbocycles. The molecule has 1 rings (SSSR count). The summed E-state index contributed by atoms with van der Waals surface area (Å²) >= 11 is 2.09. The van der Waals surface area contributed by atoms with Crippen LogP contribution in [-0.2, 0) is 25.4 Å². The first-order chi connectivity index (χ1) is 5.84. The maximum absolute atomic E-state index is 5.33. The molecular weight excluding hydrogens is 296 g/mol. The first kappa shape index (κ1) is 21.7. The fourth-order valence-corrected chi connectivity index (χ4v) is 1.67. The van der Waals surface area contributed by atoms with Crippen LogP contribution in [0.1, 0.15) is 0 Å². The monoisotopic (exact) mass is 311 g/mol. The van der Waals surface area contributed by atoms with E-state index in [0.717, 1.165) is 32.7 Å². The van der Waals surface area contributed by atoms with E-state index < -0.39 is 0 Å². The van der Waals surface area contributed by atoms with Crippen LogP contribution in [0.5, 0.6) is 0 Å². The Hall–Kier alpha value is 1.42. The summed E-state index contributed by atoms with van der Waals surface area (Å²) in [7, 11) is 1.76. The second-order valence-electron chi connectivity index (χ2n) is 2.84. The molecule has 0 aromatic rings. The molecule has 0 aliphatic carbocycles. The molecule has 90 valence electrons. The minimum absolute atomic E-state index is 0. The van der Waals surface area contributed by atoms with Crippen LogP contribution >= 0.6 is 0 Å². The Morgan fingerprint density at radius 3 is 2.33 bits per heavy atom. The molecule has 1 unspecified atom stereocenters. The smallest absolute Gasteiger partial charge is 1.00 e. The summed E-state index contributed by atoms with van der Waals surface area (Å²) in [4.78, 5) is 0. The first-order valence-electron chi connectivity index (χ1n) is 4.26. The third-order valence-corrected chi connectivity index (χ3v) is 2.75. The number of ether oxygens (including phenoxy) is 1. The maximum atomic E-state index is 5.33. The van der Waals surface area contributed by atoms with Crippen molar-refractivity contribution in [3.8, 4) is 0 Å². The summed E-state index contributed by atoms with van der Waals surface area (Å²) in [5.41, 5.74) is 0. The molecule has 1 fully saturated rings. The molecule has 1 saturated heterocycles. The van der Waals surface area contributed by atoms with E-state index in [1.165, 1.54) is 0 Å². The van der Waals surface area contributed by atoms with Gasteiger partial charge in [-0.3, -0.25) is 0 Å². The van der Waals surface area contributed by atoms with Gasteiger partial charge in [0.1, 0.15) is 0 Å². The molecule has 2 N–H and O–H groups in total. The van der Waals surface area contributed by atoms with Crippen molar-refractivity contribution in [3.05, 3.63) is 0 Å². The second kappa shape index (κ2) is 13.5. The average molecular weight is 312 g/mol. The van der Waals surface area contributed by atoms with Gasteiger partial charge in [0.05, 0.1) is 0 Å². The van der Waals surface area contributed by atoms with Crippen LogP contribution in [-0.4, -0.2) is 49.4 Å². The van der Waals surface area contributed by atoms with Gasteiger partial charge in [0.25, 0.3) is 0 Å². The van der Waals surface area contributed by atoms with Crippen molar-refractivity contribution in [2.45, 2.75) is 6.23 Å². The minimum Gasteiger partial charge on any atom is -1.00 e. The van der Waals surface area contributed by atoms with Crippen LogP contribution in [0.2, 0.25) is 0 Å². The molecule has 1 atom stereocenters. The van der Waals surface area contributed by atoms with Gasteiger partial charge in [-0.1, -0.05) is 0 Å². The van der Waals surface area contributed by atoms with E-state index in [0.29, 0.717) is 0 Å². The van der Waals surface area contributed by atoms with Crippen molar-refractivity contribution in [1.29, 1.82) is 0 Å². The minimum atomic E-state index is 0. The van der Waals surface area contributed by atoms with Crippen molar-refractivity contribution in [2.75, 3.05) is 39.8 Å². The number of methoxy groups -OCH3 is 1. The van der Waals surface area contributed by atoms with E-state index >= 15 is 0 Å². The number of hydrogen-bond acceptors (Lipinski definition) is 4. The molecule has 0 spiro atoms. The maximum Gasteiger partial charge on any atom is -1.00 e. The van der Waals surface area contributed by atoms with Gasteiger partial charge < -0.3 is 37.2 Å². The summed E-state index contributed by atoms with van der Waals surface area (Å²) in [5, 5.41) is 6.67. The summed E-state index contributed by atoms with van der Waals surface area (Å²) in [5.74, 6) is 0. The normalized spacial score (nSPS) is 23.3. The summed E-state index contributed by atoms with van der Waals surface area (Å²) in [6.45, 7) is 5.06. The fraction of sp³-hybridized carbons (Fsp3) is 1.00. The zero-order valence-corrected chi connectivity index (χ0v) is 12.4. The van der Waals surface area contributed by atoms with Crippen LogP contribution in [0, 0.1) is 0 Å². The van der Waals surface area contributed by atoms with Crippen molar-refractivity contribution in [1.82, 2.24) is 14.0 Å². The molecule has 0 aromatic carbocycles. The Labute approximate surface area is 122 Å². The second-order valence-corrected chi connectivity index (χ2v) is 3.73. The zero-order chi connectivity index (χ0) is 8.81. The number of hydrogen-bond donors (Lipinski definition) is 2. The van der Waals surface area contributed by atoms with Crippen molar-refractivity contribution in [3.63, 3.8) is 0 Å². The van der Waals surface area contributed by atoms with Gasteiger partial charge in [-0.2, -0.15) is 0 Å². The van der Waals surface area contributed by atoms with Gasteiger partial charge in [-0.15, -0.1) is 0 Å². The fourth-order valence-electron chi connectivity index (χ4n) is 1.19. The molecule has 0 amide bonds. The molecule has 4 nitrogen and oxygen atoms in total. The average Bonchev–Trinajstić information content (AvgIpc) is 2.17. The van der Waals surface area contributed by atoms with E-state index in [9.17, 15) is 0 Å². The molecule has 8 heteroatoms. The summed E-state index contributed by atoms with van der Waals surface area (Å²) < 4.78 is 7.54. The van der Waals surface area contributed by atoms with Gasteiger partial charge in [0.15, 0.2) is 0 Å². The number of nitrogens with zero attached hydrogens (tertiary/aromatic N) is 1. The van der Waals surface area contributed by atoms with Crippen LogP contribution < -0.4 is 47.9 Å². The van der Waals surface area contributed by atoms with Gasteiger partial charge in [0, 0.05) is 0 Å². The van der Waals surface area contributed by atoms with Crippen LogP contribution in [0.4, 0.5) is 0 Å². The number of halogens is 3. The van der Waals surface area contributed by atoms with Crippen molar-refractivity contribution >= 4 is 0 Å². The van der Waals surface area contributed by atoms with E-state index in [2.05, 4.69) is 34.7 Å². The SMILES string of the molecule is COC1CNCCNCC[N]1[Ti+3].[Cl-].[Cl-].[Cl-]. The molecular formula is C7H16Cl3N3OTi. The zero-order valence-electron chi connectivity index (χ0n) is 8.60. The van der Waals surface area contributed by atoms with Crippen LogP contribution in [0.15, 0.2) is 0 Å². The topological polar surface area (TPSA) is 36.5 Å². The van der Waals surface area contributed by atoms with Gasteiger partial charge in [-0.05, 0) is 0 Å². The quantitative estimate of drug-likeness (QED) is 0.472. The van der Waals surface area contributed by atoms with Gasteiger partial charge in [-0.25, -0.2) is 0 Å². The van der Waals surface area contributed by atoms with Gasteiger partial charge >= 0.3 is 85.5 Å². The molecule has 0 aromatic heterocycles. The van der Waals surface area contributed by atoms with E-state index in [-0.39, 0.29) is 43.4 Å². The number of nitrogens with one attached hydrogen (secondary N) is 2. The van der Waals surface area contributed by atoms with Crippen LogP contribution in [0.3, 0.4) is 0 Å². The molecule has 1 heterocycles. The van der Waals surface area contributed by atoms with E-state index in [1.54, 1.807) is 7.11 Å². The Morgan fingerprint density at radius 2 is 1.73 bits per heavy atom. The summed E-state index contributed by atoms with van der Waals surface area (Å²) in [6.07, 6.45) is 0.213. The molecule has 0 bridgehead atoms. The van der Waals surface area contributed by atoms with Gasteiger partial charge in [0.2, 0.25) is 0 Å². The van der Waals surface area contributed by atoms with E-state index in [1.807, 2.05) is 0 Å². The largest absolute Gasteiger partial charge is 1.00 e.